The van der Waals surface area contributed by atoms with E-state index in [1.54, 1.807) is 48.5 Å². The number of amides is 1. The van der Waals surface area contributed by atoms with E-state index in [0.717, 1.165) is 0 Å². The van der Waals surface area contributed by atoms with E-state index in [1.807, 2.05) is 0 Å². The second kappa shape index (κ2) is 8.07. The molecule has 1 aliphatic rings. The van der Waals surface area contributed by atoms with Crippen molar-refractivity contribution in [3.8, 4) is 11.3 Å². The molecule has 0 spiro atoms. The number of nitrogens with one attached hydrogen (secondary N) is 1. The van der Waals surface area contributed by atoms with Gasteiger partial charge in [0, 0.05) is 41.9 Å². The Morgan fingerprint density at radius 2 is 1.71 bits per heavy atom. The number of nitro groups is 1. The number of benzene rings is 2. The number of non-ortho nitro benzene ring substituents is 1. The third-order valence-corrected chi connectivity index (χ3v) is 4.34. The minimum Gasteiger partial charge on any atom is -0.457 e. The third kappa shape index (κ3) is 4.40. The van der Waals surface area contributed by atoms with E-state index in [1.165, 1.54) is 25.1 Å². The van der Waals surface area contributed by atoms with Gasteiger partial charge in [-0.1, -0.05) is 0 Å². The molecular weight excluding hydrogens is 402 g/mol. The minimum atomic E-state index is -0.616. The van der Waals surface area contributed by atoms with Crippen LogP contribution >= 0.6 is 0 Å². The van der Waals surface area contributed by atoms with Gasteiger partial charge in [0.2, 0.25) is 11.8 Å². The number of anilines is 1. The Bertz CT molecular complexity index is 1240. The summed E-state index contributed by atoms with van der Waals surface area (Å²) in [5, 5.41) is 13.4. The number of nitro benzene ring substituents is 1. The van der Waals surface area contributed by atoms with E-state index in [4.69, 9.17) is 9.15 Å². The summed E-state index contributed by atoms with van der Waals surface area (Å²) in [6, 6.07) is 16.0. The number of nitrogens with zero attached hydrogens (tertiary/aromatic N) is 2. The fourth-order valence-electron chi connectivity index (χ4n) is 2.90. The first-order chi connectivity index (χ1) is 14.9. The zero-order valence-corrected chi connectivity index (χ0v) is 16.2. The minimum absolute atomic E-state index is 0.0154. The first-order valence-corrected chi connectivity index (χ1v) is 9.14. The first kappa shape index (κ1) is 19.8. The molecule has 9 nitrogen and oxygen atoms in total. The van der Waals surface area contributed by atoms with Crippen molar-refractivity contribution in [3.05, 3.63) is 87.8 Å². The van der Waals surface area contributed by atoms with Crippen molar-refractivity contribution >= 4 is 35.2 Å². The van der Waals surface area contributed by atoms with Crippen LogP contribution < -0.4 is 5.32 Å². The fourth-order valence-corrected chi connectivity index (χ4v) is 2.90. The van der Waals surface area contributed by atoms with E-state index < -0.39 is 10.9 Å². The molecular formula is C22H15N3O6. The van der Waals surface area contributed by atoms with Gasteiger partial charge in [-0.3, -0.25) is 14.9 Å². The maximum atomic E-state index is 12.2. The molecule has 1 aliphatic heterocycles. The van der Waals surface area contributed by atoms with Crippen LogP contribution in [0, 0.1) is 10.1 Å². The molecule has 9 heteroatoms. The maximum Gasteiger partial charge on any atom is 0.363 e. The third-order valence-electron chi connectivity index (χ3n) is 4.34. The summed E-state index contributed by atoms with van der Waals surface area (Å²) in [6.07, 6.45) is 1.45. The standard InChI is InChI=1S/C22H15N3O6/c1-13(26)23-16-6-2-15(3-7-16)21-24-19(22(27)31-21)12-18-10-11-20(30-18)14-4-8-17(9-5-14)25(28)29/h2-12H,1H3,(H,23,26)/b19-12-. The second-order valence-corrected chi connectivity index (χ2v) is 6.60. The zero-order valence-electron chi connectivity index (χ0n) is 16.2. The molecule has 0 atom stereocenters. The molecule has 3 aromatic rings. The normalized spacial score (nSPS) is 14.3. The summed E-state index contributed by atoms with van der Waals surface area (Å²) in [5.74, 6) is 0.216. The largest absolute Gasteiger partial charge is 0.457 e. The van der Waals surface area contributed by atoms with E-state index in [2.05, 4.69) is 10.3 Å². The molecule has 2 heterocycles. The summed E-state index contributed by atoms with van der Waals surface area (Å²) in [7, 11) is 0. The number of esters is 1. The molecule has 0 bridgehead atoms. The average molecular weight is 417 g/mol. The molecule has 1 aromatic heterocycles. The highest BCUT2D eigenvalue weighted by molar-refractivity contribution is 6.12. The average Bonchev–Trinajstić information content (AvgIpc) is 3.35. The highest BCUT2D eigenvalue weighted by Gasteiger charge is 2.24. The molecule has 0 aliphatic carbocycles. The molecule has 1 amide bonds. The van der Waals surface area contributed by atoms with Crippen molar-refractivity contribution < 1.29 is 23.7 Å². The van der Waals surface area contributed by atoms with Gasteiger partial charge in [0.05, 0.1) is 4.92 Å². The number of ether oxygens (including phenoxy) is 1. The molecule has 0 saturated carbocycles. The molecule has 31 heavy (non-hydrogen) atoms. The number of hydrogen-bond acceptors (Lipinski definition) is 7. The summed E-state index contributed by atoms with van der Waals surface area (Å²) in [6.45, 7) is 1.41. The Kier molecular flexibility index (Phi) is 5.15. The Labute approximate surface area is 175 Å². The van der Waals surface area contributed by atoms with Crippen molar-refractivity contribution in [1.29, 1.82) is 0 Å². The zero-order chi connectivity index (χ0) is 22.0. The smallest absolute Gasteiger partial charge is 0.363 e. The van der Waals surface area contributed by atoms with Crippen molar-refractivity contribution in [1.82, 2.24) is 0 Å². The van der Waals surface area contributed by atoms with Crippen LogP contribution in [0.4, 0.5) is 11.4 Å². The van der Waals surface area contributed by atoms with Gasteiger partial charge in [0.15, 0.2) is 5.70 Å². The van der Waals surface area contributed by atoms with Gasteiger partial charge in [-0.2, -0.15) is 0 Å². The number of furan rings is 1. The Morgan fingerprint density at radius 1 is 1.03 bits per heavy atom. The molecule has 0 radical (unpaired) electrons. The Morgan fingerprint density at radius 3 is 2.35 bits per heavy atom. The Hall–Kier alpha value is -4.53. The molecule has 0 unspecified atom stereocenters. The first-order valence-electron chi connectivity index (χ1n) is 9.14. The summed E-state index contributed by atoms with van der Waals surface area (Å²) < 4.78 is 10.9. The van der Waals surface area contributed by atoms with Crippen LogP contribution in [0.2, 0.25) is 0 Å². The van der Waals surface area contributed by atoms with E-state index in [0.29, 0.717) is 28.3 Å². The van der Waals surface area contributed by atoms with Crippen LogP contribution in [0.3, 0.4) is 0 Å². The maximum absolute atomic E-state index is 12.2. The van der Waals surface area contributed by atoms with E-state index in [9.17, 15) is 19.7 Å². The lowest BCUT2D eigenvalue weighted by Crippen LogP contribution is -2.07. The molecule has 2 aromatic carbocycles. The molecule has 4 rings (SSSR count). The van der Waals surface area contributed by atoms with Crippen molar-refractivity contribution in [2.45, 2.75) is 6.92 Å². The number of hydrogen-bond donors (Lipinski definition) is 1. The lowest BCUT2D eigenvalue weighted by Gasteiger charge is -2.03. The van der Waals surface area contributed by atoms with Crippen LogP contribution in [-0.4, -0.2) is 22.7 Å². The van der Waals surface area contributed by atoms with Gasteiger partial charge in [-0.05, 0) is 48.5 Å². The van der Waals surface area contributed by atoms with E-state index >= 15 is 0 Å². The second-order valence-electron chi connectivity index (χ2n) is 6.60. The van der Waals surface area contributed by atoms with Crippen LogP contribution in [0.15, 0.2) is 75.8 Å². The summed E-state index contributed by atoms with van der Waals surface area (Å²) in [4.78, 5) is 37.8. The van der Waals surface area contributed by atoms with Crippen LogP contribution in [0.25, 0.3) is 17.4 Å². The van der Waals surface area contributed by atoms with Crippen molar-refractivity contribution in [2.75, 3.05) is 5.32 Å². The van der Waals surface area contributed by atoms with Crippen molar-refractivity contribution in [3.63, 3.8) is 0 Å². The molecule has 0 saturated heterocycles. The van der Waals surface area contributed by atoms with Gasteiger partial charge >= 0.3 is 5.97 Å². The number of carbonyl (C=O) groups is 2. The topological polar surface area (TPSA) is 124 Å². The van der Waals surface area contributed by atoms with Crippen LogP contribution in [0.5, 0.6) is 0 Å². The molecule has 154 valence electrons. The predicted octanol–water partition coefficient (Wildman–Crippen LogP) is 4.16. The lowest BCUT2D eigenvalue weighted by atomic mass is 10.1. The van der Waals surface area contributed by atoms with Gasteiger partial charge in [0.1, 0.15) is 11.5 Å². The highest BCUT2D eigenvalue weighted by atomic mass is 16.6. The van der Waals surface area contributed by atoms with E-state index in [-0.39, 0.29) is 23.2 Å². The van der Waals surface area contributed by atoms with Crippen LogP contribution in [-0.2, 0) is 14.3 Å². The van der Waals surface area contributed by atoms with Crippen LogP contribution in [0.1, 0.15) is 18.2 Å². The predicted molar refractivity (Wildman–Crippen MR) is 112 cm³/mol. The number of cyclic esters (lactones) is 1. The van der Waals surface area contributed by atoms with Gasteiger partial charge in [0.25, 0.3) is 5.69 Å². The number of carbonyl (C=O) groups excluding carboxylic acids is 2. The summed E-state index contributed by atoms with van der Waals surface area (Å²) in [5.41, 5.74) is 1.92. The molecule has 1 N–H and O–H groups in total. The number of aliphatic imine (C=N–C) groups is 1. The highest BCUT2D eigenvalue weighted by Crippen LogP contribution is 2.27. The fraction of sp³-hybridized carbons (Fsp3) is 0.0455. The van der Waals surface area contributed by atoms with Gasteiger partial charge in [-0.15, -0.1) is 0 Å². The lowest BCUT2D eigenvalue weighted by molar-refractivity contribution is -0.384. The van der Waals surface area contributed by atoms with Gasteiger partial charge < -0.3 is 14.5 Å². The van der Waals surface area contributed by atoms with Crippen molar-refractivity contribution in [2.24, 2.45) is 4.99 Å². The Balaban J connectivity index is 1.53. The van der Waals surface area contributed by atoms with Gasteiger partial charge in [-0.25, -0.2) is 9.79 Å². The summed E-state index contributed by atoms with van der Waals surface area (Å²) >= 11 is 0. The SMILES string of the molecule is CC(=O)Nc1ccc(C2=N/C(=C\c3ccc(-c4ccc([N+](=O)[O-])cc4)o3)C(=O)O2)cc1. The molecule has 0 fully saturated rings. The quantitative estimate of drug-likeness (QED) is 0.288. The monoisotopic (exact) mass is 417 g/mol. The number of rotatable bonds is 5.